The number of aliphatic hydroxyl groups is 2. The third-order valence-electron chi connectivity index (χ3n) is 8.53. The summed E-state index contributed by atoms with van der Waals surface area (Å²) in [6.45, 7) is 1.92. The molecule has 3 aliphatic rings. The lowest BCUT2D eigenvalue weighted by Gasteiger charge is -2.36. The molecule has 0 spiro atoms. The second-order valence-electron chi connectivity index (χ2n) is 11.1. The molecule has 0 unspecified atom stereocenters. The second-order valence-corrected chi connectivity index (χ2v) is 12.2. The van der Waals surface area contributed by atoms with E-state index in [4.69, 9.17) is 9.47 Å². The number of halogens is 1. The number of phenols is 1. The minimum absolute atomic E-state index is 0.0580. The fourth-order valence-corrected chi connectivity index (χ4v) is 7.32. The van der Waals surface area contributed by atoms with Gasteiger partial charge in [0.05, 0.1) is 41.8 Å². The first-order chi connectivity index (χ1) is 18.7. The molecule has 2 fully saturated rings. The molecule has 1 heterocycles. The number of rotatable bonds is 10. The van der Waals surface area contributed by atoms with Crippen LogP contribution in [0.5, 0.6) is 11.5 Å². The quantitative estimate of drug-likeness (QED) is 0.194. The Bertz CT molecular complexity index is 1140. The molecule has 0 radical (unpaired) electrons. The van der Waals surface area contributed by atoms with Gasteiger partial charge in [-0.15, -0.1) is 0 Å². The van der Waals surface area contributed by atoms with Gasteiger partial charge >= 0.3 is 0 Å². The highest BCUT2D eigenvalue weighted by molar-refractivity contribution is 14.1. The van der Waals surface area contributed by atoms with Crippen molar-refractivity contribution in [1.82, 2.24) is 4.90 Å². The zero-order valence-corrected chi connectivity index (χ0v) is 25.1. The molecule has 2 amide bonds. The Balaban J connectivity index is 1.54. The number of phenolic OH excluding ortho intramolecular Hbond substituents is 1. The van der Waals surface area contributed by atoms with Gasteiger partial charge in [-0.1, -0.05) is 30.9 Å². The molecule has 1 aromatic rings. The van der Waals surface area contributed by atoms with Crippen LogP contribution in [0, 0.1) is 21.3 Å². The van der Waals surface area contributed by atoms with Gasteiger partial charge in [0, 0.05) is 19.1 Å². The fraction of sp³-hybridized carbons (Fsp3) is 0.600. The van der Waals surface area contributed by atoms with Gasteiger partial charge in [-0.25, -0.2) is 0 Å². The molecule has 0 aromatic heterocycles. The van der Waals surface area contributed by atoms with Gasteiger partial charge in [-0.05, 0) is 90.5 Å². The van der Waals surface area contributed by atoms with Crippen LogP contribution in [0.2, 0.25) is 0 Å². The number of carbonyl (C=O) groups is 2. The number of aromatic hydroxyl groups is 1. The zero-order chi connectivity index (χ0) is 28.3. The summed E-state index contributed by atoms with van der Waals surface area (Å²) in [5.41, 5.74) is 3.38. The number of ether oxygens (including phenoxy) is 2. The molecule has 2 aliphatic carbocycles. The molecule has 1 aliphatic heterocycles. The number of likely N-dealkylation sites (tertiary alicyclic amines) is 1. The number of carbonyl (C=O) groups excluding carboxylic acids is 2. The maximum atomic E-state index is 13.6. The number of amides is 2. The van der Waals surface area contributed by atoms with E-state index < -0.39 is 23.9 Å². The highest BCUT2D eigenvalue weighted by Gasteiger charge is 2.56. The maximum Gasteiger partial charge on any atom is 0.234 e. The topological polar surface area (TPSA) is 117 Å². The van der Waals surface area contributed by atoms with Gasteiger partial charge in [-0.2, -0.15) is 0 Å². The van der Waals surface area contributed by atoms with Crippen LogP contribution in [0.25, 0.3) is 6.08 Å². The Morgan fingerprint density at radius 2 is 1.90 bits per heavy atom. The van der Waals surface area contributed by atoms with Gasteiger partial charge in [0.15, 0.2) is 11.5 Å². The van der Waals surface area contributed by atoms with E-state index in [1.165, 1.54) is 12.0 Å². The molecule has 39 heavy (non-hydrogen) atoms. The Morgan fingerprint density at radius 3 is 2.54 bits per heavy atom. The number of hydrogen-bond acceptors (Lipinski definition) is 7. The predicted octanol–water partition coefficient (Wildman–Crippen LogP) is 4.44. The van der Waals surface area contributed by atoms with Crippen LogP contribution in [0.1, 0.15) is 63.9 Å². The van der Waals surface area contributed by atoms with Crippen molar-refractivity contribution >= 4 is 40.5 Å². The van der Waals surface area contributed by atoms with Crippen LogP contribution in [0.3, 0.4) is 0 Å². The first-order valence-electron chi connectivity index (χ1n) is 13.8. The van der Waals surface area contributed by atoms with Crippen molar-refractivity contribution in [2.75, 3.05) is 27.4 Å². The van der Waals surface area contributed by atoms with Crippen molar-refractivity contribution < 1.29 is 34.4 Å². The molecule has 4 rings (SSSR count). The number of benzene rings is 1. The third-order valence-corrected chi connectivity index (χ3v) is 9.35. The summed E-state index contributed by atoms with van der Waals surface area (Å²) in [6, 6.07) is 3.57. The van der Waals surface area contributed by atoms with Crippen LogP contribution in [0.15, 0.2) is 28.9 Å². The van der Waals surface area contributed by atoms with E-state index >= 15 is 0 Å². The number of aliphatic hydroxyl groups excluding tert-OH is 2. The SMILES string of the molecule is COCC1=C([C@H](O)CC/C(C)=C/c2cc(I)c(O)c(OC)c2)[C@H](CO)[C@@H]2C(=O)N(C3CCCCC3)C(=O)[C@@H]2C1. The lowest BCUT2D eigenvalue weighted by atomic mass is 9.68. The smallest absolute Gasteiger partial charge is 0.234 e. The number of imide groups is 1. The Hall–Kier alpha value is -1.95. The molecule has 0 bridgehead atoms. The lowest BCUT2D eigenvalue weighted by Crippen LogP contribution is -2.42. The van der Waals surface area contributed by atoms with Crippen molar-refractivity contribution in [2.24, 2.45) is 17.8 Å². The standard InChI is InChI=1S/C30H40INO7/c1-17(11-18-12-23(31)28(35)25(13-18)39-3)9-10-24(34)26-19(16-38-2)14-21-27(22(26)15-33)30(37)32(29(21)36)20-7-5-4-6-8-20/h11-13,20-22,24,27,33-35H,4-10,14-16H2,1-3H3/b17-11+/t21-,22+,24-,27-/m1/s1. The van der Waals surface area contributed by atoms with Gasteiger partial charge < -0.3 is 24.8 Å². The summed E-state index contributed by atoms with van der Waals surface area (Å²) in [6.07, 6.45) is 7.30. The molecule has 3 N–H and O–H groups in total. The van der Waals surface area contributed by atoms with Crippen LogP contribution in [-0.2, 0) is 14.3 Å². The third kappa shape index (κ3) is 6.21. The maximum absolute atomic E-state index is 13.6. The average Bonchev–Trinajstić information content (AvgIpc) is 3.18. The van der Waals surface area contributed by atoms with Crippen LogP contribution < -0.4 is 4.74 Å². The summed E-state index contributed by atoms with van der Waals surface area (Å²) < 4.78 is 11.4. The number of methoxy groups -OCH3 is 2. The first-order valence-corrected chi connectivity index (χ1v) is 14.9. The largest absolute Gasteiger partial charge is 0.504 e. The summed E-state index contributed by atoms with van der Waals surface area (Å²) in [5.74, 6) is -1.57. The van der Waals surface area contributed by atoms with E-state index in [1.54, 1.807) is 13.2 Å². The van der Waals surface area contributed by atoms with Gasteiger partial charge in [-0.3, -0.25) is 14.5 Å². The molecule has 1 saturated heterocycles. The average molecular weight is 654 g/mol. The zero-order valence-electron chi connectivity index (χ0n) is 23.0. The Morgan fingerprint density at radius 1 is 1.18 bits per heavy atom. The summed E-state index contributed by atoms with van der Waals surface area (Å²) in [7, 11) is 3.09. The summed E-state index contributed by atoms with van der Waals surface area (Å²) in [5, 5.41) is 32.0. The minimum atomic E-state index is -0.877. The van der Waals surface area contributed by atoms with E-state index in [2.05, 4.69) is 22.6 Å². The molecule has 4 atom stereocenters. The highest BCUT2D eigenvalue weighted by Crippen LogP contribution is 2.47. The number of nitrogens with zero attached hydrogens (tertiary/aromatic N) is 1. The second kappa shape index (κ2) is 13.1. The van der Waals surface area contributed by atoms with Gasteiger partial charge in [0.25, 0.3) is 0 Å². The van der Waals surface area contributed by atoms with Crippen molar-refractivity contribution in [2.45, 2.75) is 70.4 Å². The molecule has 214 valence electrons. The van der Waals surface area contributed by atoms with Crippen LogP contribution >= 0.6 is 22.6 Å². The number of hydrogen-bond donors (Lipinski definition) is 3. The van der Waals surface area contributed by atoms with Crippen molar-refractivity contribution in [3.8, 4) is 11.5 Å². The molecule has 1 aromatic carbocycles. The lowest BCUT2D eigenvalue weighted by molar-refractivity contribution is -0.143. The predicted molar refractivity (Wildman–Crippen MR) is 156 cm³/mol. The molecule has 1 saturated carbocycles. The first kappa shape index (κ1) is 30.0. The van der Waals surface area contributed by atoms with Gasteiger partial charge in [0.2, 0.25) is 11.8 Å². The van der Waals surface area contributed by atoms with Crippen molar-refractivity contribution in [3.63, 3.8) is 0 Å². The van der Waals surface area contributed by atoms with Gasteiger partial charge in [0.1, 0.15) is 0 Å². The summed E-state index contributed by atoms with van der Waals surface area (Å²) in [4.78, 5) is 28.6. The van der Waals surface area contributed by atoms with Crippen LogP contribution in [-0.4, -0.2) is 71.6 Å². The number of allylic oxidation sites excluding steroid dienone is 1. The summed E-state index contributed by atoms with van der Waals surface area (Å²) >= 11 is 2.06. The van der Waals surface area contributed by atoms with E-state index in [1.807, 2.05) is 19.1 Å². The van der Waals surface area contributed by atoms with E-state index in [9.17, 15) is 24.9 Å². The normalized spacial score (nSPS) is 25.3. The monoisotopic (exact) mass is 653 g/mol. The molecular weight excluding hydrogens is 613 g/mol. The van der Waals surface area contributed by atoms with E-state index in [0.29, 0.717) is 34.2 Å². The van der Waals surface area contributed by atoms with E-state index in [-0.39, 0.29) is 36.8 Å². The molecule has 8 nitrogen and oxygen atoms in total. The van der Waals surface area contributed by atoms with E-state index in [0.717, 1.165) is 48.8 Å². The molecule has 9 heteroatoms. The minimum Gasteiger partial charge on any atom is -0.504 e. The number of fused-ring (bicyclic) bond motifs is 1. The molecular formula is C30H40INO7. The Labute approximate surface area is 244 Å². The fourth-order valence-electron chi connectivity index (χ4n) is 6.70. The van der Waals surface area contributed by atoms with Crippen molar-refractivity contribution in [1.29, 1.82) is 0 Å². The highest BCUT2D eigenvalue weighted by atomic mass is 127. The van der Waals surface area contributed by atoms with Crippen molar-refractivity contribution in [3.05, 3.63) is 38.0 Å². The Kier molecular flexibility index (Phi) is 10.1. The van der Waals surface area contributed by atoms with Crippen LogP contribution in [0.4, 0.5) is 0 Å².